The van der Waals surface area contributed by atoms with E-state index in [9.17, 15) is 73.2 Å². The number of carbonyl (C=O) groups excluding carboxylic acids is 10. The highest BCUT2D eigenvalue weighted by molar-refractivity contribution is 5.99. The van der Waals surface area contributed by atoms with E-state index in [4.69, 9.17) is 4.74 Å². The molecule has 9 amide bonds. The van der Waals surface area contributed by atoms with Crippen LogP contribution in [-0.2, 0) is 57.5 Å². The number of aliphatic hydroxyl groups is 3. The van der Waals surface area contributed by atoms with Crippen LogP contribution in [0.1, 0.15) is 173 Å². The summed E-state index contributed by atoms with van der Waals surface area (Å²) in [5, 5.41) is 63.7. The summed E-state index contributed by atoms with van der Waals surface area (Å²) in [5.74, 6) is -12.9. The van der Waals surface area contributed by atoms with Crippen molar-refractivity contribution in [1.82, 2.24) is 47.9 Å². The Balaban J connectivity index is 4.03. The third-order valence-corrected chi connectivity index (χ3v) is 13.5. The molecule has 1 aliphatic heterocycles. The molecule has 1 saturated heterocycles. The predicted molar refractivity (Wildman–Crippen MR) is 295 cm³/mol. The predicted octanol–water partition coefficient (Wildman–Crippen LogP) is 0.486. The summed E-state index contributed by atoms with van der Waals surface area (Å²) in [6.45, 7) is 18.6. The van der Waals surface area contributed by atoms with Crippen LogP contribution in [0.4, 0.5) is 0 Å². The van der Waals surface area contributed by atoms with Crippen LogP contribution in [0.2, 0.25) is 0 Å². The minimum atomic E-state index is -1.95. The second-order valence-corrected chi connectivity index (χ2v) is 22.9. The Morgan fingerprint density at radius 1 is 0.562 bits per heavy atom. The standard InChI is InChI=1S/C55H97N9O16/c1-13-15-16-17-18-19-35(67)26-43(68)56-37(22-29(3)4)48(72)57-36(20-21-44(69)70)47(71)64-46-34(12)80-55(79)40(25-32(9)10)60-52(76)42(28-66)62-49(73)38(23-30(5)6)58-51(75)41(27-65)61-50(74)39(24-31(7)8)59-53(77)45(33(11)14-2)63-54(46)78/h29-42,45-46,65-67H,13-28H2,1-12H3,(H,56,68)(H,57,72)(H,58,75)(H,59,77)(H,60,76)(H,61,74)(H,62,73)(H,63,78)(H,64,71)(H,69,70)/t33-,34+,35+,36+,37-,38-,39-,40-,41+,42+,45-,46+/m0/s1. The van der Waals surface area contributed by atoms with E-state index in [0.717, 1.165) is 25.7 Å². The molecule has 1 rings (SSSR count). The van der Waals surface area contributed by atoms with Crippen LogP contribution < -0.4 is 47.9 Å². The maximum absolute atomic E-state index is 14.8. The van der Waals surface area contributed by atoms with Crippen molar-refractivity contribution in [3.63, 3.8) is 0 Å². The second kappa shape index (κ2) is 37.1. The van der Waals surface area contributed by atoms with E-state index in [1.165, 1.54) is 6.92 Å². The maximum atomic E-state index is 14.8. The molecule has 1 heterocycles. The number of hydrogen-bond acceptors (Lipinski definition) is 15. The van der Waals surface area contributed by atoms with Crippen LogP contribution in [0, 0.1) is 29.6 Å². The van der Waals surface area contributed by atoms with Gasteiger partial charge in [0.1, 0.15) is 60.5 Å². The van der Waals surface area contributed by atoms with Gasteiger partial charge in [-0.1, -0.05) is 115 Å². The molecule has 0 radical (unpaired) electrons. The molecule has 0 spiro atoms. The van der Waals surface area contributed by atoms with E-state index in [0.29, 0.717) is 12.8 Å². The quantitative estimate of drug-likeness (QED) is 0.0374. The van der Waals surface area contributed by atoms with E-state index in [1.54, 1.807) is 69.2 Å². The van der Waals surface area contributed by atoms with Crippen molar-refractivity contribution in [3.05, 3.63) is 0 Å². The summed E-state index contributed by atoms with van der Waals surface area (Å²) in [6.07, 6.45) is 0.971. The van der Waals surface area contributed by atoms with E-state index >= 15 is 0 Å². The Hall–Kier alpha value is -5.95. The molecule has 0 aromatic carbocycles. The smallest absolute Gasteiger partial charge is 0.328 e. The number of unbranched alkanes of at least 4 members (excludes halogenated alkanes) is 4. The number of aliphatic carboxylic acids is 1. The summed E-state index contributed by atoms with van der Waals surface area (Å²) >= 11 is 0. The zero-order valence-corrected chi connectivity index (χ0v) is 49.2. The highest BCUT2D eigenvalue weighted by atomic mass is 16.5. The zero-order valence-electron chi connectivity index (χ0n) is 49.2. The SMILES string of the molecule is CCCCCCC[C@@H](O)CC(=O)N[C@@H](CC(C)C)C(=O)N[C@H](CCC(=O)O)C(=O)N[C@H]1C(=O)N[C@@H]([C@@H](C)CC)C(=O)N[C@@H](CC(C)C)C(=O)N[C@H](CO)C(=O)N[C@@H](CC(C)C)C(=O)N[C@H](CO)C(=O)N[C@@H](CC(C)C)C(=O)O[C@@H]1C. The molecule has 80 heavy (non-hydrogen) atoms. The first kappa shape index (κ1) is 72.1. The number of hydrogen-bond donors (Lipinski definition) is 13. The van der Waals surface area contributed by atoms with E-state index in [-0.39, 0.29) is 62.2 Å². The molecule has 12 atom stereocenters. The number of ether oxygens (including phenoxy) is 1. The first-order valence-electron chi connectivity index (χ1n) is 28.5. The summed E-state index contributed by atoms with van der Waals surface area (Å²) in [4.78, 5) is 152. The van der Waals surface area contributed by atoms with Crippen LogP contribution in [0.25, 0.3) is 0 Å². The first-order chi connectivity index (χ1) is 37.5. The molecule has 458 valence electrons. The third kappa shape index (κ3) is 27.0. The molecule has 1 fully saturated rings. The lowest BCUT2D eigenvalue weighted by Crippen LogP contribution is -2.63. The van der Waals surface area contributed by atoms with Crippen molar-refractivity contribution in [1.29, 1.82) is 0 Å². The summed E-state index contributed by atoms with van der Waals surface area (Å²) in [5.41, 5.74) is 0. The first-order valence-corrected chi connectivity index (χ1v) is 28.5. The number of aliphatic hydroxyl groups excluding tert-OH is 3. The van der Waals surface area contributed by atoms with Gasteiger partial charge in [-0.15, -0.1) is 0 Å². The normalized spacial score (nSPS) is 23.9. The minimum absolute atomic E-state index is 0.00913. The van der Waals surface area contributed by atoms with E-state index in [1.807, 2.05) is 0 Å². The average molecular weight is 1140 g/mol. The largest absolute Gasteiger partial charge is 0.481 e. The fourth-order valence-corrected chi connectivity index (χ4v) is 8.82. The number of carboxylic acid groups (broad SMARTS) is 1. The highest BCUT2D eigenvalue weighted by Gasteiger charge is 2.40. The van der Waals surface area contributed by atoms with Gasteiger partial charge in [-0.05, 0) is 75.0 Å². The molecule has 0 aromatic rings. The fraction of sp³-hybridized carbons (Fsp3) is 0.800. The van der Waals surface area contributed by atoms with Crippen molar-refractivity contribution < 1.29 is 77.9 Å². The molecule has 1 aliphatic rings. The lowest BCUT2D eigenvalue weighted by Gasteiger charge is -2.32. The van der Waals surface area contributed by atoms with Gasteiger partial charge in [0.2, 0.25) is 53.2 Å². The number of amides is 9. The van der Waals surface area contributed by atoms with Crippen LogP contribution in [0.3, 0.4) is 0 Å². The lowest BCUT2D eigenvalue weighted by atomic mass is 9.96. The van der Waals surface area contributed by atoms with Crippen LogP contribution >= 0.6 is 0 Å². The van der Waals surface area contributed by atoms with Gasteiger partial charge in [0.15, 0.2) is 0 Å². The van der Waals surface area contributed by atoms with Crippen molar-refractivity contribution >= 4 is 65.1 Å². The number of rotatable bonds is 28. The summed E-state index contributed by atoms with van der Waals surface area (Å²) in [7, 11) is 0. The lowest BCUT2D eigenvalue weighted by molar-refractivity contribution is -0.157. The van der Waals surface area contributed by atoms with E-state index < -0.39 is 164 Å². The van der Waals surface area contributed by atoms with Crippen molar-refractivity contribution in [2.24, 2.45) is 29.6 Å². The average Bonchev–Trinajstić information content (AvgIpc) is 3.36. The Morgan fingerprint density at radius 2 is 1.04 bits per heavy atom. The number of nitrogens with one attached hydrogen (secondary N) is 9. The Labute approximate surface area is 471 Å². The van der Waals surface area contributed by atoms with Gasteiger partial charge >= 0.3 is 11.9 Å². The van der Waals surface area contributed by atoms with Gasteiger partial charge in [-0.25, -0.2) is 4.79 Å². The van der Waals surface area contributed by atoms with E-state index in [2.05, 4.69) is 54.8 Å². The summed E-state index contributed by atoms with van der Waals surface area (Å²) in [6, 6.07) is -14.1. The third-order valence-electron chi connectivity index (χ3n) is 13.5. The number of carbonyl (C=O) groups is 11. The van der Waals surface area contributed by atoms with Gasteiger partial charge in [0.25, 0.3) is 0 Å². The van der Waals surface area contributed by atoms with Gasteiger partial charge in [-0.3, -0.25) is 47.9 Å². The zero-order chi connectivity index (χ0) is 61.0. The second-order valence-electron chi connectivity index (χ2n) is 22.9. The van der Waals surface area contributed by atoms with Crippen LogP contribution in [0.5, 0.6) is 0 Å². The molecule has 13 N–H and O–H groups in total. The van der Waals surface area contributed by atoms with Crippen molar-refractivity contribution in [3.8, 4) is 0 Å². The maximum Gasteiger partial charge on any atom is 0.328 e. The molecular weight excluding hydrogens is 1040 g/mol. The number of esters is 1. The van der Waals surface area contributed by atoms with Gasteiger partial charge in [0.05, 0.1) is 25.7 Å². The Bertz CT molecular complexity index is 2040. The van der Waals surface area contributed by atoms with Gasteiger partial charge in [-0.2, -0.15) is 0 Å². The molecule has 25 nitrogen and oxygen atoms in total. The van der Waals surface area contributed by atoms with Crippen LogP contribution in [-0.4, -0.2) is 165 Å². The Kier molecular flexibility index (Phi) is 33.5. The molecule has 0 aromatic heterocycles. The molecular formula is C55H97N9O16. The molecule has 0 aliphatic carbocycles. The molecule has 0 unspecified atom stereocenters. The number of cyclic esters (lactones) is 1. The highest BCUT2D eigenvalue weighted by Crippen LogP contribution is 2.17. The topological polar surface area (TPSA) is 386 Å². The Morgan fingerprint density at radius 3 is 1.51 bits per heavy atom. The fourth-order valence-electron chi connectivity index (χ4n) is 8.82. The molecule has 0 saturated carbocycles. The summed E-state index contributed by atoms with van der Waals surface area (Å²) < 4.78 is 5.82. The minimum Gasteiger partial charge on any atom is -0.481 e. The van der Waals surface area contributed by atoms with Crippen molar-refractivity contribution in [2.45, 2.75) is 240 Å². The molecule has 0 bridgehead atoms. The van der Waals surface area contributed by atoms with Crippen LogP contribution in [0.15, 0.2) is 0 Å². The number of carboxylic acids is 1. The van der Waals surface area contributed by atoms with Gasteiger partial charge in [0, 0.05) is 6.42 Å². The monoisotopic (exact) mass is 1140 g/mol. The molecule has 25 heteroatoms. The van der Waals surface area contributed by atoms with Crippen molar-refractivity contribution in [2.75, 3.05) is 13.2 Å². The van der Waals surface area contributed by atoms with Gasteiger partial charge < -0.3 is 73.0 Å².